The predicted octanol–water partition coefficient (Wildman–Crippen LogP) is 6.28. The first-order valence-corrected chi connectivity index (χ1v) is 11.5. The number of thiazole rings is 1. The molecule has 3 heterocycles. The van der Waals surface area contributed by atoms with Gasteiger partial charge in [-0.2, -0.15) is 0 Å². The minimum absolute atomic E-state index is 0.0816. The van der Waals surface area contributed by atoms with Crippen LogP contribution in [-0.2, 0) is 9.59 Å². The normalized spacial score (nSPS) is 17.8. The van der Waals surface area contributed by atoms with E-state index >= 15 is 0 Å². The number of rotatable bonds is 3. The van der Waals surface area contributed by atoms with E-state index in [0.29, 0.717) is 31.8 Å². The standard InChI is InChI=1S/C23H12Cl3N3O3S/c24-13-2-4-16-17(10-13)33-23(28-16)29-19(12-1-3-14(25)15(26)9-12)18(21(31)22(29)32)20(30)11-5-7-27-8-6-11/h1-10,19,30H. The van der Waals surface area contributed by atoms with E-state index in [1.807, 2.05) is 0 Å². The fraction of sp³-hybridized carbons (Fsp3) is 0.0435. The first-order chi connectivity index (χ1) is 15.8. The van der Waals surface area contributed by atoms with E-state index in [4.69, 9.17) is 34.8 Å². The summed E-state index contributed by atoms with van der Waals surface area (Å²) in [5, 5.41) is 12.5. The van der Waals surface area contributed by atoms with Crippen LogP contribution in [0.3, 0.4) is 0 Å². The number of aliphatic hydroxyl groups excluding tert-OH is 1. The molecular weight excluding hydrogens is 505 g/mol. The van der Waals surface area contributed by atoms with Gasteiger partial charge in [0, 0.05) is 23.0 Å². The van der Waals surface area contributed by atoms with Crippen LogP contribution in [0.25, 0.3) is 16.0 Å². The third kappa shape index (κ3) is 3.77. The average molecular weight is 517 g/mol. The number of anilines is 1. The molecule has 0 bridgehead atoms. The van der Waals surface area contributed by atoms with Crippen molar-refractivity contribution in [3.63, 3.8) is 0 Å². The lowest BCUT2D eigenvalue weighted by Crippen LogP contribution is -2.29. The first kappa shape index (κ1) is 21.9. The molecule has 1 amide bonds. The molecular formula is C23H12Cl3N3O3S. The van der Waals surface area contributed by atoms with E-state index in [1.54, 1.807) is 48.5 Å². The number of pyridine rings is 1. The summed E-state index contributed by atoms with van der Waals surface area (Å²) in [5.41, 5.74) is 1.39. The number of nitrogens with zero attached hydrogens (tertiary/aromatic N) is 3. The Morgan fingerprint density at radius 2 is 1.73 bits per heavy atom. The number of amides is 1. The van der Waals surface area contributed by atoms with E-state index in [0.717, 1.165) is 4.70 Å². The van der Waals surface area contributed by atoms with Crippen molar-refractivity contribution in [2.75, 3.05) is 4.90 Å². The summed E-state index contributed by atoms with van der Waals surface area (Å²) in [4.78, 5) is 36.2. The molecule has 1 N–H and O–H groups in total. The Hall–Kier alpha value is -2.97. The second-order valence-corrected chi connectivity index (χ2v) is 9.45. The highest BCUT2D eigenvalue weighted by molar-refractivity contribution is 7.22. The maximum Gasteiger partial charge on any atom is 0.301 e. The van der Waals surface area contributed by atoms with Gasteiger partial charge in [-0.15, -0.1) is 0 Å². The summed E-state index contributed by atoms with van der Waals surface area (Å²) in [7, 11) is 0. The van der Waals surface area contributed by atoms with Gasteiger partial charge in [0.1, 0.15) is 5.76 Å². The van der Waals surface area contributed by atoms with E-state index < -0.39 is 17.7 Å². The van der Waals surface area contributed by atoms with Crippen molar-refractivity contribution in [1.82, 2.24) is 9.97 Å². The lowest BCUT2D eigenvalue weighted by Gasteiger charge is -2.23. The quantitative estimate of drug-likeness (QED) is 0.197. The fourth-order valence-corrected chi connectivity index (χ4v) is 5.26. The topological polar surface area (TPSA) is 83.4 Å². The van der Waals surface area contributed by atoms with Gasteiger partial charge in [0.25, 0.3) is 5.78 Å². The van der Waals surface area contributed by atoms with Crippen molar-refractivity contribution in [3.05, 3.63) is 92.7 Å². The number of hydrogen-bond donors (Lipinski definition) is 1. The number of aromatic nitrogens is 2. The molecule has 164 valence electrons. The molecule has 1 aliphatic heterocycles. The molecule has 33 heavy (non-hydrogen) atoms. The molecule has 1 atom stereocenters. The Balaban J connectivity index is 1.75. The van der Waals surface area contributed by atoms with Crippen LogP contribution in [0.5, 0.6) is 0 Å². The highest BCUT2D eigenvalue weighted by Crippen LogP contribution is 2.45. The molecule has 2 aromatic carbocycles. The summed E-state index contributed by atoms with van der Waals surface area (Å²) < 4.78 is 0.751. The van der Waals surface area contributed by atoms with Gasteiger partial charge in [0.05, 0.1) is 31.9 Å². The van der Waals surface area contributed by atoms with Crippen molar-refractivity contribution < 1.29 is 14.7 Å². The van der Waals surface area contributed by atoms with Crippen LogP contribution in [0.2, 0.25) is 15.1 Å². The van der Waals surface area contributed by atoms with Crippen LogP contribution in [-0.4, -0.2) is 26.8 Å². The number of carbonyl (C=O) groups excluding carboxylic acids is 2. The van der Waals surface area contributed by atoms with Gasteiger partial charge in [-0.05, 0) is 48.0 Å². The summed E-state index contributed by atoms with van der Waals surface area (Å²) in [6.07, 6.45) is 2.97. The van der Waals surface area contributed by atoms with Gasteiger partial charge < -0.3 is 5.11 Å². The zero-order chi connectivity index (χ0) is 23.3. The van der Waals surface area contributed by atoms with Gasteiger partial charge >= 0.3 is 5.91 Å². The maximum atomic E-state index is 13.2. The van der Waals surface area contributed by atoms with Crippen molar-refractivity contribution in [1.29, 1.82) is 0 Å². The molecule has 0 aliphatic carbocycles. The van der Waals surface area contributed by atoms with E-state index in [1.165, 1.54) is 28.6 Å². The van der Waals surface area contributed by atoms with Crippen LogP contribution in [0.1, 0.15) is 17.2 Å². The smallest absolute Gasteiger partial charge is 0.301 e. The Labute approximate surface area is 206 Å². The number of benzene rings is 2. The highest BCUT2D eigenvalue weighted by Gasteiger charge is 2.48. The zero-order valence-corrected chi connectivity index (χ0v) is 19.6. The monoisotopic (exact) mass is 515 g/mol. The van der Waals surface area contributed by atoms with Gasteiger partial charge in [-0.25, -0.2) is 4.98 Å². The minimum Gasteiger partial charge on any atom is -0.507 e. The Morgan fingerprint density at radius 1 is 0.970 bits per heavy atom. The number of carbonyl (C=O) groups is 2. The van der Waals surface area contributed by atoms with Crippen molar-refractivity contribution in [2.45, 2.75) is 6.04 Å². The van der Waals surface area contributed by atoms with Gasteiger partial charge in [0.2, 0.25) is 0 Å². The zero-order valence-electron chi connectivity index (χ0n) is 16.5. The molecule has 1 saturated heterocycles. The summed E-state index contributed by atoms with van der Waals surface area (Å²) >= 11 is 19.7. The van der Waals surface area contributed by atoms with Crippen molar-refractivity contribution in [3.8, 4) is 0 Å². The number of fused-ring (bicyclic) bond motifs is 1. The largest absolute Gasteiger partial charge is 0.507 e. The van der Waals surface area contributed by atoms with Crippen LogP contribution < -0.4 is 4.90 Å². The highest BCUT2D eigenvalue weighted by atomic mass is 35.5. The number of aliphatic hydroxyl groups is 1. The SMILES string of the molecule is O=C1C(=O)N(c2nc3ccc(Cl)cc3s2)C(c2ccc(Cl)c(Cl)c2)C1=C(O)c1ccncc1. The summed E-state index contributed by atoms with van der Waals surface area (Å²) in [6.45, 7) is 0. The molecule has 1 unspecified atom stereocenters. The summed E-state index contributed by atoms with van der Waals surface area (Å²) in [5.74, 6) is -1.97. The average Bonchev–Trinajstić information content (AvgIpc) is 3.33. The third-order valence-corrected chi connectivity index (χ3v) is 7.19. The molecule has 2 aromatic heterocycles. The fourth-order valence-electron chi connectivity index (χ4n) is 3.68. The van der Waals surface area contributed by atoms with E-state index in [-0.39, 0.29) is 16.4 Å². The van der Waals surface area contributed by atoms with E-state index in [2.05, 4.69) is 9.97 Å². The van der Waals surface area contributed by atoms with Gasteiger partial charge in [-0.3, -0.25) is 19.5 Å². The number of halogens is 3. The Kier molecular flexibility index (Phi) is 5.58. The lowest BCUT2D eigenvalue weighted by molar-refractivity contribution is -0.132. The lowest BCUT2D eigenvalue weighted by atomic mass is 9.95. The molecule has 10 heteroatoms. The Morgan fingerprint density at radius 3 is 2.45 bits per heavy atom. The molecule has 1 fully saturated rings. The second kappa shape index (κ2) is 8.43. The third-order valence-electron chi connectivity index (χ3n) is 5.20. The number of ketones is 1. The second-order valence-electron chi connectivity index (χ2n) is 7.19. The van der Waals surface area contributed by atoms with Crippen LogP contribution >= 0.6 is 46.1 Å². The van der Waals surface area contributed by atoms with Gasteiger partial charge in [0.15, 0.2) is 5.13 Å². The number of hydrogen-bond acceptors (Lipinski definition) is 6. The molecule has 0 spiro atoms. The molecule has 0 saturated carbocycles. The number of Topliss-reactive ketones (excluding diaryl/α,β-unsaturated/α-hetero) is 1. The predicted molar refractivity (Wildman–Crippen MR) is 130 cm³/mol. The van der Waals surface area contributed by atoms with Gasteiger partial charge in [-0.1, -0.05) is 52.2 Å². The maximum absolute atomic E-state index is 13.2. The van der Waals surface area contributed by atoms with Crippen LogP contribution in [0.4, 0.5) is 5.13 Å². The molecule has 5 rings (SSSR count). The van der Waals surface area contributed by atoms with Crippen molar-refractivity contribution in [2.24, 2.45) is 0 Å². The minimum atomic E-state index is -0.969. The van der Waals surface area contributed by atoms with Crippen molar-refractivity contribution >= 4 is 78.9 Å². The molecule has 1 aliphatic rings. The molecule has 6 nitrogen and oxygen atoms in total. The van der Waals surface area contributed by atoms with Crippen LogP contribution in [0.15, 0.2) is 66.5 Å². The first-order valence-electron chi connectivity index (χ1n) is 9.57. The summed E-state index contributed by atoms with van der Waals surface area (Å²) in [6, 6.07) is 12.1. The molecule has 0 radical (unpaired) electrons. The Bertz CT molecular complexity index is 1470. The van der Waals surface area contributed by atoms with E-state index in [9.17, 15) is 14.7 Å². The molecule has 4 aromatic rings. The van der Waals surface area contributed by atoms with Crippen LogP contribution in [0, 0.1) is 0 Å².